The van der Waals surface area contributed by atoms with E-state index < -0.39 is 17.4 Å². The van der Waals surface area contributed by atoms with Gasteiger partial charge in [-0.3, -0.25) is 14.9 Å². The molecule has 30 heavy (non-hydrogen) atoms. The fourth-order valence-electron chi connectivity index (χ4n) is 3.37. The third-order valence-electron chi connectivity index (χ3n) is 4.24. The van der Waals surface area contributed by atoms with Gasteiger partial charge in [-0.2, -0.15) is 5.10 Å². The Morgan fingerprint density at radius 1 is 1.27 bits per heavy atom. The van der Waals surface area contributed by atoms with Gasteiger partial charge in [0.1, 0.15) is 5.76 Å². The standard InChI is InChI=1S/C21H26BrN3O5/c1-20(2,3)13-21(4,5)14-6-8-17(16(10-14)25(27)28)29-12-19(26)24-23-11-15-7-9-18(22)30-15/h6-11H,12-13H2,1-5H3,(H,24,26). The van der Waals surface area contributed by atoms with E-state index in [1.807, 2.05) is 0 Å². The van der Waals surface area contributed by atoms with Crippen LogP contribution in [0, 0.1) is 15.5 Å². The Hall–Kier alpha value is -2.68. The van der Waals surface area contributed by atoms with Crippen molar-refractivity contribution in [2.24, 2.45) is 10.5 Å². The molecule has 9 heteroatoms. The van der Waals surface area contributed by atoms with Gasteiger partial charge in [0.05, 0.1) is 11.1 Å². The summed E-state index contributed by atoms with van der Waals surface area (Å²) >= 11 is 3.16. The van der Waals surface area contributed by atoms with Gasteiger partial charge in [0.2, 0.25) is 0 Å². The highest BCUT2D eigenvalue weighted by Gasteiger charge is 2.29. The summed E-state index contributed by atoms with van der Waals surface area (Å²) in [6.45, 7) is 10.1. The van der Waals surface area contributed by atoms with E-state index in [1.165, 1.54) is 18.3 Å². The lowest BCUT2D eigenvalue weighted by Gasteiger charge is -2.33. The van der Waals surface area contributed by atoms with Crippen molar-refractivity contribution in [1.29, 1.82) is 0 Å². The van der Waals surface area contributed by atoms with Crippen molar-refractivity contribution in [3.63, 3.8) is 0 Å². The predicted molar refractivity (Wildman–Crippen MR) is 118 cm³/mol. The van der Waals surface area contributed by atoms with Crippen molar-refractivity contribution in [1.82, 2.24) is 5.43 Å². The van der Waals surface area contributed by atoms with Gasteiger partial charge in [0.25, 0.3) is 5.91 Å². The molecule has 0 spiro atoms. The maximum absolute atomic E-state index is 11.9. The van der Waals surface area contributed by atoms with E-state index >= 15 is 0 Å². The summed E-state index contributed by atoms with van der Waals surface area (Å²) in [5.74, 6) is -0.0695. The normalized spacial score (nSPS) is 12.2. The Morgan fingerprint density at radius 3 is 2.53 bits per heavy atom. The van der Waals surface area contributed by atoms with Gasteiger partial charge < -0.3 is 9.15 Å². The van der Waals surface area contributed by atoms with Crippen LogP contribution in [-0.4, -0.2) is 23.7 Å². The van der Waals surface area contributed by atoms with E-state index in [-0.39, 0.29) is 22.3 Å². The second kappa shape index (κ2) is 9.42. The number of benzene rings is 1. The van der Waals surface area contributed by atoms with Crippen LogP contribution in [0.15, 0.2) is 44.5 Å². The molecule has 0 aliphatic heterocycles. The smallest absolute Gasteiger partial charge is 0.311 e. The molecule has 1 aromatic carbocycles. The van der Waals surface area contributed by atoms with E-state index in [9.17, 15) is 14.9 Å². The van der Waals surface area contributed by atoms with Crippen LogP contribution in [0.1, 0.15) is 52.4 Å². The van der Waals surface area contributed by atoms with E-state index in [4.69, 9.17) is 9.15 Å². The molecule has 0 saturated heterocycles. The number of hydrazone groups is 1. The third kappa shape index (κ3) is 6.98. The summed E-state index contributed by atoms with van der Waals surface area (Å²) < 4.78 is 11.1. The summed E-state index contributed by atoms with van der Waals surface area (Å²) in [6, 6.07) is 8.22. The topological polar surface area (TPSA) is 107 Å². The van der Waals surface area contributed by atoms with Gasteiger partial charge in [-0.25, -0.2) is 5.43 Å². The van der Waals surface area contributed by atoms with Crippen molar-refractivity contribution in [3.8, 4) is 5.75 Å². The molecule has 0 aliphatic rings. The lowest BCUT2D eigenvalue weighted by Crippen LogP contribution is -2.26. The zero-order chi connectivity index (χ0) is 22.5. The minimum absolute atomic E-state index is 0.0319. The van der Waals surface area contributed by atoms with Crippen LogP contribution in [0.5, 0.6) is 5.75 Å². The molecule has 8 nitrogen and oxygen atoms in total. The highest BCUT2D eigenvalue weighted by molar-refractivity contribution is 9.10. The molecular formula is C21H26BrN3O5. The SMILES string of the molecule is CC(C)(C)CC(C)(C)c1ccc(OCC(=O)NN=Cc2ccc(Br)o2)c([N+](=O)[O-])c1. The number of ether oxygens (including phenoxy) is 1. The van der Waals surface area contributed by atoms with Crippen molar-refractivity contribution < 1.29 is 18.9 Å². The van der Waals surface area contributed by atoms with Gasteiger partial charge in [0.15, 0.2) is 17.0 Å². The van der Waals surface area contributed by atoms with Crippen LogP contribution >= 0.6 is 15.9 Å². The first-order valence-electron chi connectivity index (χ1n) is 9.36. The molecule has 0 fully saturated rings. The number of nitrogens with one attached hydrogen (secondary N) is 1. The van der Waals surface area contributed by atoms with Gasteiger partial charge in [-0.05, 0) is 56.9 Å². The van der Waals surface area contributed by atoms with Crippen LogP contribution in [0.25, 0.3) is 0 Å². The van der Waals surface area contributed by atoms with E-state index in [2.05, 4.69) is 61.1 Å². The zero-order valence-electron chi connectivity index (χ0n) is 17.7. The van der Waals surface area contributed by atoms with Crippen molar-refractivity contribution in [2.75, 3.05) is 6.61 Å². The molecule has 0 atom stereocenters. The zero-order valence-corrected chi connectivity index (χ0v) is 19.3. The third-order valence-corrected chi connectivity index (χ3v) is 4.67. The Kier molecular flexibility index (Phi) is 7.41. The number of nitro groups is 1. The number of carbonyl (C=O) groups is 1. The fraction of sp³-hybridized carbons (Fsp3) is 0.429. The predicted octanol–water partition coefficient (Wildman–Crippen LogP) is 5.19. The van der Waals surface area contributed by atoms with Gasteiger partial charge in [-0.15, -0.1) is 0 Å². The molecule has 1 aromatic heterocycles. The summed E-state index contributed by atoms with van der Waals surface area (Å²) in [4.78, 5) is 23.0. The Bertz CT molecular complexity index is 944. The number of hydrogen-bond donors (Lipinski definition) is 1. The van der Waals surface area contributed by atoms with Crippen molar-refractivity contribution in [2.45, 2.75) is 46.5 Å². The van der Waals surface area contributed by atoms with Gasteiger partial charge in [0, 0.05) is 6.07 Å². The fourth-order valence-corrected chi connectivity index (χ4v) is 3.69. The highest BCUT2D eigenvalue weighted by Crippen LogP contribution is 2.39. The summed E-state index contributed by atoms with van der Waals surface area (Å²) in [5.41, 5.74) is 2.76. The maximum Gasteiger partial charge on any atom is 0.311 e. The van der Waals surface area contributed by atoms with E-state index in [1.54, 1.807) is 18.2 Å². The average Bonchev–Trinajstić information content (AvgIpc) is 3.03. The molecule has 0 saturated carbocycles. The average molecular weight is 480 g/mol. The van der Waals surface area contributed by atoms with Crippen molar-refractivity contribution in [3.05, 3.63) is 56.4 Å². The van der Waals surface area contributed by atoms with E-state index in [0.29, 0.717) is 10.4 Å². The number of furan rings is 1. The largest absolute Gasteiger partial charge is 0.477 e. The number of amides is 1. The quantitative estimate of drug-likeness (QED) is 0.318. The van der Waals surface area contributed by atoms with Gasteiger partial charge >= 0.3 is 5.69 Å². The first kappa shape index (κ1) is 23.6. The summed E-state index contributed by atoms with van der Waals surface area (Å²) in [7, 11) is 0. The van der Waals surface area contributed by atoms with E-state index in [0.717, 1.165) is 12.0 Å². The first-order chi connectivity index (χ1) is 13.9. The van der Waals surface area contributed by atoms with Gasteiger partial charge in [-0.1, -0.05) is 40.7 Å². The number of halogens is 1. The number of rotatable bonds is 8. The van der Waals surface area contributed by atoms with Crippen LogP contribution in [0.3, 0.4) is 0 Å². The van der Waals surface area contributed by atoms with Crippen LogP contribution < -0.4 is 10.2 Å². The Labute approximate surface area is 184 Å². The maximum atomic E-state index is 11.9. The summed E-state index contributed by atoms with van der Waals surface area (Å²) in [6.07, 6.45) is 2.18. The minimum Gasteiger partial charge on any atom is -0.477 e. The minimum atomic E-state index is -0.552. The Balaban J connectivity index is 2.05. The molecular weight excluding hydrogens is 454 g/mol. The summed E-state index contributed by atoms with van der Waals surface area (Å²) in [5, 5.41) is 15.3. The lowest BCUT2D eigenvalue weighted by molar-refractivity contribution is -0.385. The molecule has 0 aliphatic carbocycles. The molecule has 0 bridgehead atoms. The number of nitro benzene ring substituents is 1. The monoisotopic (exact) mass is 479 g/mol. The molecule has 0 radical (unpaired) electrons. The number of nitrogens with zero attached hydrogens (tertiary/aromatic N) is 2. The number of hydrogen-bond acceptors (Lipinski definition) is 6. The Morgan fingerprint density at radius 2 is 1.97 bits per heavy atom. The van der Waals surface area contributed by atoms with Crippen LogP contribution in [0.2, 0.25) is 0 Å². The molecule has 1 amide bonds. The second-order valence-corrected chi connectivity index (χ2v) is 9.57. The van der Waals surface area contributed by atoms with Crippen LogP contribution in [0.4, 0.5) is 5.69 Å². The van der Waals surface area contributed by atoms with Crippen LogP contribution in [-0.2, 0) is 10.2 Å². The highest BCUT2D eigenvalue weighted by atomic mass is 79.9. The second-order valence-electron chi connectivity index (χ2n) is 8.78. The lowest BCUT2D eigenvalue weighted by atomic mass is 9.72. The molecule has 1 N–H and O–H groups in total. The molecule has 2 rings (SSSR count). The number of carbonyl (C=O) groups excluding carboxylic acids is 1. The first-order valence-corrected chi connectivity index (χ1v) is 10.2. The molecule has 0 unspecified atom stereocenters. The van der Waals surface area contributed by atoms with Crippen molar-refractivity contribution >= 4 is 33.7 Å². The molecule has 1 heterocycles. The molecule has 2 aromatic rings. The molecule has 162 valence electrons.